The van der Waals surface area contributed by atoms with Gasteiger partial charge in [0.15, 0.2) is 5.84 Å². The van der Waals surface area contributed by atoms with Gasteiger partial charge in [0.25, 0.3) is 5.91 Å². The molecular weight excluding hydrogens is 474 g/mol. The number of amidine groups is 1. The van der Waals surface area contributed by atoms with Gasteiger partial charge in [0.05, 0.1) is 24.4 Å². The van der Waals surface area contributed by atoms with E-state index >= 15 is 0 Å². The normalized spacial score (nSPS) is 12.2. The van der Waals surface area contributed by atoms with Crippen molar-refractivity contribution < 1.29 is 15.8 Å². The maximum absolute atomic E-state index is 12.8. The molecule has 3 heterocycles. The number of rotatable bonds is 4. The van der Waals surface area contributed by atoms with E-state index in [0.717, 1.165) is 11.3 Å². The molecule has 12 heteroatoms. The van der Waals surface area contributed by atoms with Crippen molar-refractivity contribution in [1.82, 2.24) is 14.5 Å². The number of aromatic nitrogens is 2. The third-order valence-electron chi connectivity index (χ3n) is 5.48. The van der Waals surface area contributed by atoms with E-state index in [4.69, 9.17) is 16.7 Å². The highest BCUT2D eigenvalue weighted by Crippen LogP contribution is 2.22. The molecule has 1 aromatic carbocycles. The number of carbonyl (C=O) groups is 2. The Morgan fingerprint density at radius 3 is 2.49 bits per heavy atom. The lowest BCUT2D eigenvalue weighted by molar-refractivity contribution is 0.0892. The van der Waals surface area contributed by atoms with E-state index in [1.54, 1.807) is 27.6 Å². The van der Waals surface area contributed by atoms with Crippen LogP contribution in [-0.2, 0) is 4.74 Å². The summed E-state index contributed by atoms with van der Waals surface area (Å²) in [5, 5.41) is 17.9. The Morgan fingerprint density at radius 2 is 1.92 bits per heavy atom. The highest BCUT2D eigenvalue weighted by atomic mass is 16.5. The standard InChI is InChI=1S/C18H19N7O.C5H10N2O2.C2H6.H2/c1-11-4-5-12(17(19)23-20)8-15(11)22-18(26)14-10-21-25-7-6-13(24(2)3)9-16(14)25;1-9-5(8)7-2-4(6)3-7;1-2;/h4-10,19-20H,1-3H3,(H,22,26);4H,2-3,6H2,1H3;1-2H3;1H. The molecular formula is C25H37N9O3. The lowest BCUT2D eigenvalue weighted by Crippen LogP contribution is -2.57. The zero-order chi connectivity index (χ0) is 27.7. The topological polar surface area (TPSA) is 165 Å². The van der Waals surface area contributed by atoms with Crippen LogP contribution in [0.4, 0.5) is 16.2 Å². The van der Waals surface area contributed by atoms with E-state index in [9.17, 15) is 9.59 Å². The molecule has 37 heavy (non-hydrogen) atoms. The largest absolute Gasteiger partial charge is 0.453 e. The molecule has 1 aliphatic heterocycles. The van der Waals surface area contributed by atoms with Crippen LogP contribution in [0, 0.1) is 17.9 Å². The lowest BCUT2D eigenvalue weighted by Gasteiger charge is -2.35. The number of benzene rings is 1. The summed E-state index contributed by atoms with van der Waals surface area (Å²) in [6.45, 7) is 7.13. The number of fused-ring (bicyclic) bond motifs is 1. The second-order valence-electron chi connectivity index (χ2n) is 8.25. The molecule has 0 atom stereocenters. The summed E-state index contributed by atoms with van der Waals surface area (Å²) in [5.41, 5.74) is 16.4. The summed E-state index contributed by atoms with van der Waals surface area (Å²) in [7, 11) is 5.23. The second-order valence-corrected chi connectivity index (χ2v) is 8.25. The molecule has 0 aliphatic carbocycles. The number of carbonyl (C=O) groups excluding carboxylic acids is 2. The van der Waals surface area contributed by atoms with Gasteiger partial charge in [0.1, 0.15) is 0 Å². The Balaban J connectivity index is 0.000000508. The van der Waals surface area contributed by atoms with Gasteiger partial charge in [0.2, 0.25) is 0 Å². The van der Waals surface area contributed by atoms with Gasteiger partial charge in [-0.15, -0.1) is 5.11 Å². The zero-order valence-corrected chi connectivity index (χ0v) is 22.1. The average molecular weight is 512 g/mol. The Hall–Kier alpha value is -4.32. The summed E-state index contributed by atoms with van der Waals surface area (Å²) in [6, 6.07) is 9.11. The molecule has 1 saturated heterocycles. The number of likely N-dealkylation sites (tertiary alicyclic amines) is 1. The maximum Gasteiger partial charge on any atom is 0.409 e. The fourth-order valence-corrected chi connectivity index (χ4v) is 3.37. The molecule has 0 radical (unpaired) electrons. The third-order valence-corrected chi connectivity index (χ3v) is 5.48. The number of hydrogen-bond acceptors (Lipinski definition) is 8. The molecule has 2 aromatic heterocycles. The Kier molecular flexibility index (Phi) is 10.3. The van der Waals surface area contributed by atoms with Crippen molar-refractivity contribution in [3.05, 3.63) is 59.4 Å². The van der Waals surface area contributed by atoms with Crippen LogP contribution in [-0.4, -0.2) is 72.7 Å². The molecule has 5 N–H and O–H groups in total. The third kappa shape index (κ3) is 7.10. The number of ether oxygens (including phenoxy) is 1. The van der Waals surface area contributed by atoms with Gasteiger partial charge < -0.3 is 25.6 Å². The predicted molar refractivity (Wildman–Crippen MR) is 146 cm³/mol. The molecule has 1 aliphatic rings. The highest BCUT2D eigenvalue weighted by molar-refractivity contribution is 6.10. The number of hydrogen-bond donors (Lipinski definition) is 4. The fraction of sp³-hybridized carbons (Fsp3) is 0.360. The number of amides is 2. The van der Waals surface area contributed by atoms with Crippen molar-refractivity contribution in [3.8, 4) is 0 Å². The van der Waals surface area contributed by atoms with Crippen LogP contribution in [0.2, 0.25) is 0 Å². The van der Waals surface area contributed by atoms with Crippen molar-refractivity contribution in [3.63, 3.8) is 0 Å². The van der Waals surface area contributed by atoms with Crippen molar-refractivity contribution in [2.45, 2.75) is 26.8 Å². The van der Waals surface area contributed by atoms with Crippen LogP contribution in [0.15, 0.2) is 47.8 Å². The first-order valence-corrected chi connectivity index (χ1v) is 11.8. The Bertz CT molecular complexity index is 1270. The first kappa shape index (κ1) is 28.9. The van der Waals surface area contributed by atoms with Crippen LogP contribution in [0.3, 0.4) is 0 Å². The van der Waals surface area contributed by atoms with Crippen molar-refractivity contribution in [2.75, 3.05) is 44.5 Å². The summed E-state index contributed by atoms with van der Waals surface area (Å²) in [4.78, 5) is 26.9. The fourth-order valence-electron chi connectivity index (χ4n) is 3.37. The Labute approximate surface area is 217 Å². The molecule has 1 fully saturated rings. The number of pyridine rings is 1. The Morgan fingerprint density at radius 1 is 1.24 bits per heavy atom. The molecule has 200 valence electrons. The molecule has 0 spiro atoms. The highest BCUT2D eigenvalue weighted by Gasteiger charge is 2.27. The molecule has 0 bridgehead atoms. The quantitative estimate of drug-likeness (QED) is 0.235. The minimum absolute atomic E-state index is 0. The van der Waals surface area contributed by atoms with Gasteiger partial charge in [-0.3, -0.25) is 10.2 Å². The van der Waals surface area contributed by atoms with Crippen molar-refractivity contribution in [1.29, 1.82) is 10.9 Å². The van der Waals surface area contributed by atoms with Gasteiger partial charge in [0, 0.05) is 57.8 Å². The maximum atomic E-state index is 12.8. The first-order valence-electron chi connectivity index (χ1n) is 11.8. The number of nitrogens with zero attached hydrogens (tertiary/aromatic N) is 5. The smallest absolute Gasteiger partial charge is 0.409 e. The van der Waals surface area contributed by atoms with E-state index in [0.29, 0.717) is 35.4 Å². The van der Waals surface area contributed by atoms with E-state index in [2.05, 4.69) is 20.3 Å². The van der Waals surface area contributed by atoms with Crippen LogP contribution in [0.25, 0.3) is 5.52 Å². The van der Waals surface area contributed by atoms with Gasteiger partial charge >= 0.3 is 6.09 Å². The van der Waals surface area contributed by atoms with Crippen molar-refractivity contribution in [2.24, 2.45) is 10.8 Å². The van der Waals surface area contributed by atoms with E-state index in [1.165, 1.54) is 13.3 Å². The molecule has 4 rings (SSSR count). The number of anilines is 2. The summed E-state index contributed by atoms with van der Waals surface area (Å²) in [5.74, 6) is -0.447. The molecule has 12 nitrogen and oxygen atoms in total. The zero-order valence-electron chi connectivity index (χ0n) is 22.1. The van der Waals surface area contributed by atoms with Gasteiger partial charge in [-0.2, -0.15) is 5.10 Å². The van der Waals surface area contributed by atoms with Crippen LogP contribution in [0.5, 0.6) is 0 Å². The van der Waals surface area contributed by atoms with Crippen LogP contribution in [0.1, 0.15) is 36.8 Å². The van der Waals surface area contributed by atoms with Gasteiger partial charge in [-0.25, -0.2) is 14.8 Å². The summed E-state index contributed by atoms with van der Waals surface area (Å²) in [6.07, 6.45) is 3.06. The van der Waals surface area contributed by atoms with E-state index in [-0.39, 0.29) is 25.3 Å². The molecule has 0 saturated carbocycles. The molecule has 0 unspecified atom stereocenters. The van der Waals surface area contributed by atoms with Gasteiger partial charge in [-0.1, -0.05) is 26.0 Å². The van der Waals surface area contributed by atoms with Crippen LogP contribution < -0.4 is 16.0 Å². The lowest BCUT2D eigenvalue weighted by atomic mass is 10.1. The number of nitrogens with two attached hydrogens (primary N) is 1. The monoisotopic (exact) mass is 511 g/mol. The minimum Gasteiger partial charge on any atom is -0.453 e. The number of aryl methyl sites for hydroxylation is 1. The first-order chi connectivity index (χ1) is 17.6. The predicted octanol–water partition coefficient (Wildman–Crippen LogP) is 3.99. The average Bonchev–Trinajstić information content (AvgIpc) is 3.32. The van der Waals surface area contributed by atoms with Gasteiger partial charge in [-0.05, 0) is 30.7 Å². The number of nitrogens with one attached hydrogen (secondary N) is 3. The SMILES string of the molecule is CC.COC(=O)N1CC(N)C1.Cc1ccc(C(=N)N=N)cc1NC(=O)c1cnn2ccc(N(C)C)cc12.[HH]. The number of methoxy groups -OCH3 is 1. The van der Waals surface area contributed by atoms with Crippen LogP contribution >= 0.6 is 0 Å². The van der Waals surface area contributed by atoms with Crippen molar-refractivity contribution >= 4 is 34.7 Å². The van der Waals surface area contributed by atoms with E-state index in [1.807, 2.05) is 58.1 Å². The second kappa shape index (κ2) is 13.1. The van der Waals surface area contributed by atoms with E-state index < -0.39 is 0 Å². The molecule has 3 aromatic rings. The molecule has 2 amide bonds. The minimum atomic E-state index is -0.287. The summed E-state index contributed by atoms with van der Waals surface area (Å²) < 4.78 is 6.09. The summed E-state index contributed by atoms with van der Waals surface area (Å²) >= 11 is 0.